The van der Waals surface area contributed by atoms with Crippen LogP contribution in [0.25, 0.3) is 33.4 Å². The normalized spacial score (nSPS) is 11.8. The quantitative estimate of drug-likeness (QED) is 0.327. The molecule has 0 spiro atoms. The van der Waals surface area contributed by atoms with Crippen LogP contribution >= 0.6 is 0 Å². The predicted octanol–water partition coefficient (Wildman–Crippen LogP) is 5.39. The number of benzene rings is 2. The second-order valence-electron chi connectivity index (χ2n) is 8.40. The van der Waals surface area contributed by atoms with E-state index in [0.29, 0.717) is 28.3 Å². The number of halogens is 1. The number of nitrogens with zero attached hydrogens (tertiary/aromatic N) is 4. The van der Waals surface area contributed by atoms with Gasteiger partial charge in [-0.15, -0.1) is 0 Å². The summed E-state index contributed by atoms with van der Waals surface area (Å²) in [5.41, 5.74) is 6.33. The first-order chi connectivity index (χ1) is 16.7. The maximum absolute atomic E-state index is 13.7. The van der Waals surface area contributed by atoms with Gasteiger partial charge in [-0.3, -0.25) is 4.98 Å². The number of rotatable bonds is 5. The fraction of sp³-hybridized carbons (Fsp3) is 0.154. The topological polar surface area (TPSA) is 98.8 Å². The van der Waals surface area contributed by atoms with Crippen LogP contribution in [0.5, 0.6) is 0 Å². The third kappa shape index (κ3) is 4.30. The highest BCUT2D eigenvalue weighted by Gasteiger charge is 2.20. The van der Waals surface area contributed by atoms with Gasteiger partial charge in [0, 0.05) is 22.6 Å². The summed E-state index contributed by atoms with van der Waals surface area (Å²) >= 11 is 0. The van der Waals surface area contributed by atoms with Crippen molar-refractivity contribution < 1.29 is 17.3 Å². The van der Waals surface area contributed by atoms with E-state index in [4.69, 9.17) is 4.52 Å². The molecule has 0 aliphatic rings. The highest BCUT2D eigenvalue weighted by atomic mass is 32.2. The minimum absolute atomic E-state index is 0.152. The Kier molecular flexibility index (Phi) is 5.64. The third-order valence-electron chi connectivity index (χ3n) is 5.92. The Hall–Kier alpha value is -3.98. The highest BCUT2D eigenvalue weighted by Crippen LogP contribution is 2.34. The Balaban J connectivity index is 1.57. The summed E-state index contributed by atoms with van der Waals surface area (Å²) in [7, 11) is -3.63. The molecular formula is C26H21FN4O3S. The van der Waals surface area contributed by atoms with E-state index in [0.717, 1.165) is 27.6 Å². The zero-order chi connectivity index (χ0) is 24.7. The summed E-state index contributed by atoms with van der Waals surface area (Å²) in [6.07, 6.45) is 2.77. The molecule has 3 heterocycles. The first kappa shape index (κ1) is 22.8. The Bertz CT molecular complexity index is 1680. The first-order valence-corrected chi connectivity index (χ1v) is 12.5. The number of fused-ring (bicyclic) bond motifs is 1. The van der Waals surface area contributed by atoms with Gasteiger partial charge in [-0.2, -0.15) is 0 Å². The van der Waals surface area contributed by atoms with E-state index in [2.05, 4.69) is 20.1 Å². The van der Waals surface area contributed by atoms with Gasteiger partial charge in [0.2, 0.25) is 0 Å². The van der Waals surface area contributed by atoms with Crippen LogP contribution in [0.3, 0.4) is 0 Å². The largest absolute Gasteiger partial charge is 0.364 e. The Morgan fingerprint density at radius 2 is 1.69 bits per heavy atom. The van der Waals surface area contributed by atoms with E-state index in [1.165, 1.54) is 24.7 Å². The Labute approximate surface area is 201 Å². The van der Waals surface area contributed by atoms with Crippen LogP contribution in [-0.4, -0.2) is 28.5 Å². The van der Waals surface area contributed by atoms with Gasteiger partial charge in [-0.1, -0.05) is 5.16 Å². The van der Waals surface area contributed by atoms with Gasteiger partial charge < -0.3 is 4.52 Å². The summed E-state index contributed by atoms with van der Waals surface area (Å²) in [6.45, 7) is 5.58. The molecule has 0 saturated heterocycles. The molecule has 0 bridgehead atoms. The molecule has 5 rings (SSSR count). The van der Waals surface area contributed by atoms with Crippen molar-refractivity contribution in [2.75, 3.05) is 0 Å². The first-order valence-electron chi connectivity index (χ1n) is 10.8. The summed E-state index contributed by atoms with van der Waals surface area (Å²) in [5.74, 6) is -0.599. The number of pyridine rings is 1. The maximum atomic E-state index is 13.7. The minimum atomic E-state index is -3.63. The zero-order valence-corrected chi connectivity index (χ0v) is 20.1. The van der Waals surface area contributed by atoms with Crippen molar-refractivity contribution in [3.63, 3.8) is 0 Å². The lowest BCUT2D eigenvalue weighted by Crippen LogP contribution is -2.05. The minimum Gasteiger partial charge on any atom is -0.364 e. The number of aromatic nitrogens is 4. The van der Waals surface area contributed by atoms with Gasteiger partial charge >= 0.3 is 0 Å². The Morgan fingerprint density at radius 3 is 2.43 bits per heavy atom. The van der Waals surface area contributed by atoms with Crippen molar-refractivity contribution in [1.82, 2.24) is 20.1 Å². The molecule has 3 aromatic heterocycles. The van der Waals surface area contributed by atoms with E-state index in [1.807, 2.05) is 26.0 Å². The van der Waals surface area contributed by atoms with Crippen LogP contribution in [-0.2, 0) is 15.6 Å². The van der Waals surface area contributed by atoms with E-state index in [-0.39, 0.29) is 16.5 Å². The molecule has 0 amide bonds. The SMILES string of the molecule is Cc1cc(-c2ncnc3cc(S(=O)(=O)Cc4ccon4)ccc23)c(C)cc1-c1ccc(F)c(C)n1. The van der Waals surface area contributed by atoms with Crippen LogP contribution in [0.2, 0.25) is 0 Å². The molecule has 0 radical (unpaired) electrons. The van der Waals surface area contributed by atoms with Crippen molar-refractivity contribution in [2.24, 2.45) is 0 Å². The van der Waals surface area contributed by atoms with Crippen molar-refractivity contribution in [2.45, 2.75) is 31.4 Å². The van der Waals surface area contributed by atoms with Crippen molar-refractivity contribution in [1.29, 1.82) is 0 Å². The fourth-order valence-electron chi connectivity index (χ4n) is 4.08. The van der Waals surface area contributed by atoms with E-state index < -0.39 is 9.84 Å². The smallest absolute Gasteiger partial charge is 0.184 e. The molecule has 0 N–H and O–H groups in total. The lowest BCUT2D eigenvalue weighted by Gasteiger charge is -2.14. The van der Waals surface area contributed by atoms with E-state index >= 15 is 0 Å². The second-order valence-corrected chi connectivity index (χ2v) is 10.4. The van der Waals surface area contributed by atoms with Gasteiger partial charge in [0.15, 0.2) is 9.84 Å². The van der Waals surface area contributed by atoms with E-state index in [9.17, 15) is 12.8 Å². The number of aryl methyl sites for hydroxylation is 3. The zero-order valence-electron chi connectivity index (χ0n) is 19.3. The maximum Gasteiger partial charge on any atom is 0.184 e. The summed E-state index contributed by atoms with van der Waals surface area (Å²) < 4.78 is 44.2. The van der Waals surface area contributed by atoms with Gasteiger partial charge in [-0.25, -0.2) is 22.8 Å². The fourth-order valence-corrected chi connectivity index (χ4v) is 5.35. The molecule has 2 aromatic carbocycles. The molecule has 176 valence electrons. The van der Waals surface area contributed by atoms with Crippen LogP contribution in [0, 0.1) is 26.6 Å². The van der Waals surface area contributed by atoms with Gasteiger partial charge in [0.05, 0.1) is 33.2 Å². The second kappa shape index (κ2) is 8.66. The monoisotopic (exact) mass is 488 g/mol. The number of hydrogen-bond acceptors (Lipinski definition) is 7. The lowest BCUT2D eigenvalue weighted by atomic mass is 9.94. The van der Waals surface area contributed by atoms with Crippen LogP contribution in [0.4, 0.5) is 4.39 Å². The molecule has 0 unspecified atom stereocenters. The molecule has 9 heteroatoms. The molecule has 0 fully saturated rings. The molecule has 7 nitrogen and oxygen atoms in total. The molecule has 0 atom stereocenters. The summed E-state index contributed by atoms with van der Waals surface area (Å²) in [5, 5.41) is 4.43. The molecule has 5 aromatic rings. The standard InChI is InChI=1S/C26H21FN4O3S/c1-15-11-22(16(2)10-21(15)24-7-6-23(27)17(3)30-24)26-20-5-4-19(12-25(20)28-14-29-26)35(32,33)13-18-8-9-34-31-18/h4-12,14H,13H2,1-3H3. The van der Waals surface area contributed by atoms with Gasteiger partial charge in [-0.05, 0) is 74.4 Å². The molecule has 0 aliphatic carbocycles. The lowest BCUT2D eigenvalue weighted by molar-refractivity contribution is 0.413. The summed E-state index contributed by atoms with van der Waals surface area (Å²) in [6, 6.07) is 13.5. The number of sulfone groups is 1. The van der Waals surface area contributed by atoms with Gasteiger partial charge in [0.25, 0.3) is 0 Å². The average Bonchev–Trinajstić information content (AvgIpc) is 3.34. The molecule has 35 heavy (non-hydrogen) atoms. The van der Waals surface area contributed by atoms with Crippen molar-refractivity contribution in [3.05, 3.63) is 89.5 Å². The van der Waals surface area contributed by atoms with Crippen LogP contribution in [0.1, 0.15) is 22.5 Å². The summed E-state index contributed by atoms with van der Waals surface area (Å²) in [4.78, 5) is 13.4. The molecular weight excluding hydrogens is 467 g/mol. The molecule has 0 aliphatic heterocycles. The van der Waals surface area contributed by atoms with Crippen LogP contribution in [0.15, 0.2) is 70.5 Å². The van der Waals surface area contributed by atoms with Crippen molar-refractivity contribution >= 4 is 20.7 Å². The number of hydrogen-bond donors (Lipinski definition) is 0. The molecule has 0 saturated carbocycles. The Morgan fingerprint density at radius 1 is 0.914 bits per heavy atom. The highest BCUT2D eigenvalue weighted by molar-refractivity contribution is 7.90. The third-order valence-corrected chi connectivity index (χ3v) is 7.57. The van der Waals surface area contributed by atoms with Gasteiger partial charge in [0.1, 0.15) is 24.2 Å². The van der Waals surface area contributed by atoms with Crippen molar-refractivity contribution in [3.8, 4) is 22.5 Å². The van der Waals surface area contributed by atoms with E-state index in [1.54, 1.807) is 31.2 Å². The average molecular weight is 489 g/mol. The van der Waals surface area contributed by atoms with Crippen LogP contribution < -0.4 is 0 Å². The predicted molar refractivity (Wildman–Crippen MR) is 130 cm³/mol.